The van der Waals surface area contributed by atoms with E-state index in [4.69, 9.17) is 0 Å². The van der Waals surface area contributed by atoms with E-state index in [1.165, 1.54) is 0 Å². The Morgan fingerprint density at radius 2 is 2.10 bits per heavy atom. The molecule has 0 aromatic carbocycles. The van der Waals surface area contributed by atoms with E-state index in [0.717, 1.165) is 37.4 Å². The van der Waals surface area contributed by atoms with Gasteiger partial charge in [-0.2, -0.15) is 0 Å². The zero-order valence-corrected chi connectivity index (χ0v) is 14.4. The number of halogens is 1. The van der Waals surface area contributed by atoms with Gasteiger partial charge in [0.1, 0.15) is 11.3 Å². The first-order valence-electron chi connectivity index (χ1n) is 7.90. The summed E-state index contributed by atoms with van der Waals surface area (Å²) in [6.07, 6.45) is 3.77. The van der Waals surface area contributed by atoms with Crippen molar-refractivity contribution in [2.45, 2.75) is 82.6 Å². The predicted octanol–water partition coefficient (Wildman–Crippen LogP) is 2.56. The molecule has 0 spiro atoms. The second-order valence-corrected chi connectivity index (χ2v) is 7.31. The van der Waals surface area contributed by atoms with Crippen LogP contribution in [0.5, 0.6) is 0 Å². The number of nitrogens with zero attached hydrogens (tertiary/aromatic N) is 2. The molecule has 4 unspecified atom stereocenters. The van der Waals surface area contributed by atoms with Crippen molar-refractivity contribution in [2.75, 3.05) is 7.05 Å². The van der Waals surface area contributed by atoms with Crippen molar-refractivity contribution >= 4 is 19.0 Å². The molecule has 20 heavy (non-hydrogen) atoms. The van der Waals surface area contributed by atoms with Gasteiger partial charge in [-0.1, -0.05) is 19.2 Å². The summed E-state index contributed by atoms with van der Waals surface area (Å²) in [5, 5.41) is 4.59. The van der Waals surface area contributed by atoms with E-state index in [9.17, 15) is 0 Å². The van der Waals surface area contributed by atoms with Gasteiger partial charge in [0.25, 0.3) is 0 Å². The van der Waals surface area contributed by atoms with Crippen molar-refractivity contribution in [1.29, 1.82) is 0 Å². The quantitative estimate of drug-likeness (QED) is 0.342. The Bertz CT molecular complexity index is 359. The molecule has 1 aliphatic carbocycles. The Balaban J connectivity index is 2.10. The molecule has 2 rings (SSSR count). The molecule has 0 bridgehead atoms. The SMILES string of the molecule is CCC1(N(F)C2CCC(BS)C2)NC1(C)N(C)C(C)C. The van der Waals surface area contributed by atoms with Crippen LogP contribution in [-0.4, -0.2) is 47.0 Å². The molecule has 1 aliphatic heterocycles. The van der Waals surface area contributed by atoms with Crippen LogP contribution in [0.4, 0.5) is 4.48 Å². The molecular formula is C14H29BFN3S. The van der Waals surface area contributed by atoms with Gasteiger partial charge in [-0.25, -0.2) is 12.5 Å². The monoisotopic (exact) mass is 301 g/mol. The first-order valence-corrected chi connectivity index (χ1v) is 8.54. The number of nitrogens with one attached hydrogen (secondary N) is 1. The average molecular weight is 301 g/mol. The third-order valence-corrected chi connectivity index (χ3v) is 6.16. The second kappa shape index (κ2) is 5.78. The minimum atomic E-state index is -0.526. The second-order valence-electron chi connectivity index (χ2n) is 6.94. The summed E-state index contributed by atoms with van der Waals surface area (Å²) >= 11 is 4.36. The third kappa shape index (κ3) is 2.42. The standard InChI is InChI=1S/C14H29BFN3S/c1-6-14(13(4,17-14)18(5)10(2)3)19(16)12-8-7-11(9-12)15-20/h10-12,15,17,20H,6-9H2,1-5H3. The maximum Gasteiger partial charge on any atom is 0.190 e. The molecule has 4 atom stereocenters. The molecular weight excluding hydrogens is 272 g/mol. The number of hydrogen-bond acceptors (Lipinski definition) is 4. The van der Waals surface area contributed by atoms with Crippen molar-refractivity contribution < 1.29 is 4.48 Å². The fourth-order valence-corrected chi connectivity index (χ4v) is 4.18. The first kappa shape index (κ1) is 16.6. The summed E-state index contributed by atoms with van der Waals surface area (Å²) in [5.74, 6) is 0.573. The Labute approximate surface area is 129 Å². The fraction of sp³-hybridized carbons (Fsp3) is 1.00. The van der Waals surface area contributed by atoms with Gasteiger partial charge in [0.15, 0.2) is 6.56 Å². The van der Waals surface area contributed by atoms with Gasteiger partial charge >= 0.3 is 0 Å². The van der Waals surface area contributed by atoms with Crippen LogP contribution in [0.1, 0.15) is 53.4 Å². The zero-order chi connectivity index (χ0) is 15.1. The van der Waals surface area contributed by atoms with Gasteiger partial charge in [0.2, 0.25) is 0 Å². The van der Waals surface area contributed by atoms with E-state index in [-0.39, 0.29) is 11.7 Å². The van der Waals surface area contributed by atoms with E-state index in [1.807, 2.05) is 0 Å². The predicted molar refractivity (Wildman–Crippen MR) is 87.9 cm³/mol. The molecule has 116 valence electrons. The normalized spacial score (nSPS) is 40.9. The number of likely N-dealkylation sites (N-methyl/N-ethyl adjacent to an activating group) is 1. The highest BCUT2D eigenvalue weighted by atomic mass is 32.1. The molecule has 1 N–H and O–H groups in total. The summed E-state index contributed by atoms with van der Waals surface area (Å²) in [4.78, 5) is 2.24. The fourth-order valence-electron chi connectivity index (χ4n) is 3.84. The third-order valence-electron chi connectivity index (χ3n) is 5.64. The molecule has 0 aromatic rings. The maximum atomic E-state index is 15.1. The highest BCUT2D eigenvalue weighted by molar-refractivity contribution is 8.07. The smallest absolute Gasteiger partial charge is 0.190 e. The van der Waals surface area contributed by atoms with Crippen LogP contribution in [0, 0.1) is 0 Å². The molecule has 0 amide bonds. The zero-order valence-electron chi connectivity index (χ0n) is 13.5. The lowest BCUT2D eigenvalue weighted by Crippen LogP contribution is -2.50. The lowest BCUT2D eigenvalue weighted by atomic mass is 9.84. The molecule has 1 saturated heterocycles. The molecule has 1 saturated carbocycles. The van der Waals surface area contributed by atoms with E-state index >= 15 is 4.48 Å². The molecule has 2 aliphatic rings. The van der Waals surface area contributed by atoms with E-state index < -0.39 is 5.66 Å². The van der Waals surface area contributed by atoms with Crippen molar-refractivity contribution in [2.24, 2.45) is 0 Å². The molecule has 6 heteroatoms. The summed E-state index contributed by atoms with van der Waals surface area (Å²) in [6.45, 7) is 9.37. The first-order chi connectivity index (χ1) is 9.32. The minimum Gasteiger partial charge on any atom is -0.284 e. The highest BCUT2D eigenvalue weighted by Crippen LogP contribution is 2.50. The Kier molecular flexibility index (Phi) is 4.80. The summed E-state index contributed by atoms with van der Waals surface area (Å²) in [7, 11) is 2.08. The van der Waals surface area contributed by atoms with Crippen LogP contribution in [0.15, 0.2) is 0 Å². The number of rotatable bonds is 6. The van der Waals surface area contributed by atoms with E-state index in [2.05, 4.69) is 57.4 Å². The van der Waals surface area contributed by atoms with Gasteiger partial charge in [0.05, 0.1) is 0 Å². The van der Waals surface area contributed by atoms with Crippen LogP contribution >= 0.6 is 12.5 Å². The Morgan fingerprint density at radius 3 is 2.55 bits per heavy atom. The van der Waals surface area contributed by atoms with Crippen LogP contribution in [-0.2, 0) is 0 Å². The van der Waals surface area contributed by atoms with Crippen LogP contribution in [0.3, 0.4) is 0 Å². The van der Waals surface area contributed by atoms with E-state index in [0.29, 0.717) is 11.9 Å². The molecule has 2 fully saturated rings. The number of thiol groups is 1. The van der Waals surface area contributed by atoms with Crippen molar-refractivity contribution in [1.82, 2.24) is 15.3 Å². The van der Waals surface area contributed by atoms with Gasteiger partial charge in [-0.3, -0.25) is 10.2 Å². The van der Waals surface area contributed by atoms with Crippen LogP contribution in [0.2, 0.25) is 5.82 Å². The van der Waals surface area contributed by atoms with Gasteiger partial charge in [0, 0.05) is 12.1 Å². The lowest BCUT2D eigenvalue weighted by Gasteiger charge is -2.35. The molecule has 0 radical (unpaired) electrons. The number of hydrogen-bond donors (Lipinski definition) is 2. The summed E-state index contributed by atoms with van der Waals surface area (Å²) < 4.78 is 15.1. The van der Waals surface area contributed by atoms with Gasteiger partial charge < -0.3 is 0 Å². The summed E-state index contributed by atoms with van der Waals surface area (Å²) in [6, 6.07) is 0.435. The topological polar surface area (TPSA) is 28.4 Å². The van der Waals surface area contributed by atoms with Gasteiger partial charge in [-0.15, -0.1) is 9.60 Å². The molecule has 1 heterocycles. The lowest BCUT2D eigenvalue weighted by molar-refractivity contribution is -0.0990. The average Bonchev–Trinajstić information content (AvgIpc) is 2.84. The highest BCUT2D eigenvalue weighted by Gasteiger charge is 2.70. The largest absolute Gasteiger partial charge is 0.284 e. The maximum absolute atomic E-state index is 15.1. The summed E-state index contributed by atoms with van der Waals surface area (Å²) in [5.41, 5.74) is -0.800. The minimum absolute atomic E-state index is 0.0435. The molecule has 3 nitrogen and oxygen atoms in total. The van der Waals surface area contributed by atoms with Crippen molar-refractivity contribution in [3.8, 4) is 0 Å². The van der Waals surface area contributed by atoms with Gasteiger partial charge in [-0.05, 0) is 47.1 Å². The van der Waals surface area contributed by atoms with Crippen LogP contribution < -0.4 is 5.32 Å². The van der Waals surface area contributed by atoms with Crippen LogP contribution in [0.25, 0.3) is 0 Å². The Morgan fingerprint density at radius 1 is 1.45 bits per heavy atom. The van der Waals surface area contributed by atoms with Crippen molar-refractivity contribution in [3.63, 3.8) is 0 Å². The van der Waals surface area contributed by atoms with Crippen molar-refractivity contribution in [3.05, 3.63) is 0 Å². The van der Waals surface area contributed by atoms with E-state index in [1.54, 1.807) is 0 Å². The Hall–Kier alpha value is 0.225. The molecule has 0 aromatic heterocycles.